The van der Waals surface area contributed by atoms with Crippen LogP contribution in [0, 0.1) is 0 Å². The van der Waals surface area contributed by atoms with Gasteiger partial charge in [-0.15, -0.1) is 11.3 Å². The first-order valence-corrected chi connectivity index (χ1v) is 7.63. The average Bonchev–Trinajstić information content (AvgIpc) is 2.94. The number of carbonyl (C=O) groups is 1. The second-order valence-corrected chi connectivity index (χ2v) is 5.78. The molecule has 0 aliphatic carbocycles. The number of aromatic nitrogens is 1. The molecule has 0 saturated carbocycles. The molecule has 0 aliphatic rings. The molecule has 1 aromatic carbocycles. The van der Waals surface area contributed by atoms with E-state index in [4.69, 9.17) is 10.5 Å². The van der Waals surface area contributed by atoms with Crippen molar-refractivity contribution >= 4 is 17.2 Å². The summed E-state index contributed by atoms with van der Waals surface area (Å²) in [7, 11) is 0. The highest BCUT2D eigenvalue weighted by Crippen LogP contribution is 2.14. The molecule has 0 bridgehead atoms. The van der Waals surface area contributed by atoms with Crippen LogP contribution >= 0.6 is 11.3 Å². The molecular formula is C15H19N3O2S. The Bertz CT molecular complexity index is 581. The number of ether oxygens (including phenoxy) is 1. The fraction of sp³-hybridized carbons (Fsp3) is 0.333. The predicted octanol–water partition coefficient (Wildman–Crippen LogP) is 1.86. The topological polar surface area (TPSA) is 77.2 Å². The summed E-state index contributed by atoms with van der Waals surface area (Å²) < 4.78 is 5.21. The summed E-state index contributed by atoms with van der Waals surface area (Å²) in [5.74, 6) is 0.167. The quantitative estimate of drug-likeness (QED) is 0.780. The van der Waals surface area contributed by atoms with Crippen LogP contribution < -0.4 is 15.8 Å². The molecule has 6 heteroatoms. The van der Waals surface area contributed by atoms with E-state index in [1.807, 2.05) is 30.5 Å². The fourth-order valence-corrected chi connectivity index (χ4v) is 2.60. The lowest BCUT2D eigenvalue weighted by atomic mass is 10.2. The van der Waals surface area contributed by atoms with Crippen molar-refractivity contribution in [1.29, 1.82) is 0 Å². The van der Waals surface area contributed by atoms with Gasteiger partial charge in [-0.1, -0.05) is 19.1 Å². The number of amides is 1. The number of nitrogens with zero attached hydrogens (tertiary/aromatic N) is 1. The van der Waals surface area contributed by atoms with Gasteiger partial charge in [-0.2, -0.15) is 0 Å². The van der Waals surface area contributed by atoms with Crippen molar-refractivity contribution in [2.75, 3.05) is 6.61 Å². The summed E-state index contributed by atoms with van der Waals surface area (Å²) >= 11 is 1.74. The van der Waals surface area contributed by atoms with Crippen molar-refractivity contribution < 1.29 is 9.53 Å². The van der Waals surface area contributed by atoms with Gasteiger partial charge in [-0.25, -0.2) is 4.98 Å². The number of nitrogens with two attached hydrogens (primary N) is 1. The number of aryl methyl sites for hydroxylation is 1. The lowest BCUT2D eigenvalue weighted by Gasteiger charge is -2.06. The third kappa shape index (κ3) is 5.17. The lowest BCUT2D eigenvalue weighted by molar-refractivity contribution is -0.119. The van der Waals surface area contributed by atoms with Crippen molar-refractivity contribution in [1.82, 2.24) is 10.3 Å². The van der Waals surface area contributed by atoms with Gasteiger partial charge in [0.15, 0.2) is 6.61 Å². The fourth-order valence-electron chi connectivity index (χ4n) is 1.76. The highest BCUT2D eigenvalue weighted by atomic mass is 32.1. The van der Waals surface area contributed by atoms with Crippen molar-refractivity contribution in [2.45, 2.75) is 26.4 Å². The van der Waals surface area contributed by atoms with Gasteiger partial charge < -0.3 is 15.8 Å². The first-order valence-electron chi connectivity index (χ1n) is 6.81. The number of nitrogens with one attached hydrogen (secondary N) is 1. The van der Waals surface area contributed by atoms with Gasteiger partial charge in [0.2, 0.25) is 0 Å². The molecule has 0 fully saturated rings. The molecule has 0 atom stereocenters. The second kappa shape index (κ2) is 7.75. The van der Waals surface area contributed by atoms with Gasteiger partial charge in [-0.05, 0) is 24.1 Å². The molecule has 0 aliphatic heterocycles. The largest absolute Gasteiger partial charge is 0.484 e. The zero-order chi connectivity index (χ0) is 15.1. The van der Waals surface area contributed by atoms with E-state index >= 15 is 0 Å². The zero-order valence-electron chi connectivity index (χ0n) is 12.0. The summed E-state index contributed by atoms with van der Waals surface area (Å²) in [4.78, 5) is 16.3. The Morgan fingerprint density at radius 3 is 2.71 bits per heavy atom. The van der Waals surface area contributed by atoms with Crippen molar-refractivity contribution in [3.05, 3.63) is 45.9 Å². The maximum Gasteiger partial charge on any atom is 0.255 e. The maximum absolute atomic E-state index is 10.6. The van der Waals surface area contributed by atoms with E-state index in [0.29, 0.717) is 5.75 Å². The van der Waals surface area contributed by atoms with Gasteiger partial charge >= 0.3 is 0 Å². The third-order valence-electron chi connectivity index (χ3n) is 2.86. The van der Waals surface area contributed by atoms with E-state index < -0.39 is 5.91 Å². The van der Waals surface area contributed by atoms with Crippen molar-refractivity contribution in [2.24, 2.45) is 5.73 Å². The second-order valence-electron chi connectivity index (χ2n) is 4.58. The number of hydrogen-bond donors (Lipinski definition) is 2. The van der Waals surface area contributed by atoms with Gasteiger partial charge in [-0.3, -0.25) is 4.79 Å². The molecule has 21 heavy (non-hydrogen) atoms. The standard InChI is InChI=1S/C15H19N3O2S/c1-2-13-8-18-15(21-13)9-17-7-11-3-5-12(6-4-11)20-10-14(16)19/h3-6,8,17H,2,7,9-10H2,1H3,(H2,16,19). The Morgan fingerprint density at radius 1 is 1.33 bits per heavy atom. The molecule has 3 N–H and O–H groups in total. The maximum atomic E-state index is 10.6. The summed E-state index contributed by atoms with van der Waals surface area (Å²) in [5, 5.41) is 4.46. The summed E-state index contributed by atoms with van der Waals surface area (Å²) in [5.41, 5.74) is 6.17. The minimum absolute atomic E-state index is 0.0958. The van der Waals surface area contributed by atoms with E-state index in [-0.39, 0.29) is 6.61 Å². The molecule has 112 valence electrons. The van der Waals surface area contributed by atoms with Gasteiger partial charge in [0.25, 0.3) is 5.91 Å². The van der Waals surface area contributed by atoms with Crippen LogP contribution in [0.25, 0.3) is 0 Å². The highest BCUT2D eigenvalue weighted by Gasteiger charge is 2.01. The number of rotatable bonds is 8. The van der Waals surface area contributed by atoms with Crippen LogP contribution in [0.2, 0.25) is 0 Å². The van der Waals surface area contributed by atoms with Gasteiger partial charge in [0.1, 0.15) is 10.8 Å². The van der Waals surface area contributed by atoms with Crippen LogP contribution in [0.1, 0.15) is 22.4 Å². The van der Waals surface area contributed by atoms with Crippen LogP contribution in [-0.2, 0) is 24.3 Å². The number of thiazole rings is 1. The summed E-state index contributed by atoms with van der Waals surface area (Å²) in [6.45, 7) is 3.57. The Kier molecular flexibility index (Phi) is 5.71. The molecule has 2 aromatic rings. The minimum atomic E-state index is -0.476. The van der Waals surface area contributed by atoms with Crippen LogP contribution in [-0.4, -0.2) is 17.5 Å². The molecule has 0 unspecified atom stereocenters. The third-order valence-corrected chi connectivity index (χ3v) is 4.00. The molecule has 0 radical (unpaired) electrons. The average molecular weight is 305 g/mol. The van der Waals surface area contributed by atoms with Crippen molar-refractivity contribution in [3.63, 3.8) is 0 Å². The Morgan fingerprint density at radius 2 is 2.10 bits per heavy atom. The van der Waals surface area contributed by atoms with E-state index in [0.717, 1.165) is 30.1 Å². The molecule has 0 saturated heterocycles. The Balaban J connectivity index is 1.76. The molecule has 5 nitrogen and oxygen atoms in total. The van der Waals surface area contributed by atoms with E-state index in [1.54, 1.807) is 11.3 Å². The summed E-state index contributed by atoms with van der Waals surface area (Å²) in [6.07, 6.45) is 2.97. The molecule has 2 rings (SSSR count). The first-order chi connectivity index (χ1) is 10.2. The highest BCUT2D eigenvalue weighted by molar-refractivity contribution is 7.11. The predicted molar refractivity (Wildman–Crippen MR) is 83.2 cm³/mol. The smallest absolute Gasteiger partial charge is 0.255 e. The minimum Gasteiger partial charge on any atom is -0.484 e. The van der Waals surface area contributed by atoms with Crippen LogP contribution in [0.4, 0.5) is 0 Å². The number of benzene rings is 1. The molecule has 1 aromatic heterocycles. The monoisotopic (exact) mass is 305 g/mol. The normalized spacial score (nSPS) is 10.5. The molecular weight excluding hydrogens is 286 g/mol. The molecule has 1 amide bonds. The SMILES string of the molecule is CCc1cnc(CNCc2ccc(OCC(N)=O)cc2)s1. The summed E-state index contributed by atoms with van der Waals surface area (Å²) in [6, 6.07) is 7.59. The van der Waals surface area contributed by atoms with Crippen LogP contribution in [0.3, 0.4) is 0 Å². The number of carbonyl (C=O) groups excluding carboxylic acids is 1. The number of hydrogen-bond acceptors (Lipinski definition) is 5. The van der Waals surface area contributed by atoms with Gasteiger partial charge in [0, 0.05) is 24.2 Å². The zero-order valence-corrected chi connectivity index (χ0v) is 12.8. The van der Waals surface area contributed by atoms with Crippen LogP contribution in [0.5, 0.6) is 5.75 Å². The Labute approximate surface area is 128 Å². The number of primary amides is 1. The molecule has 1 heterocycles. The van der Waals surface area contributed by atoms with E-state index in [2.05, 4.69) is 17.2 Å². The van der Waals surface area contributed by atoms with E-state index in [1.165, 1.54) is 4.88 Å². The Hall–Kier alpha value is -1.92. The lowest BCUT2D eigenvalue weighted by Crippen LogP contribution is -2.20. The first kappa shape index (κ1) is 15.5. The van der Waals surface area contributed by atoms with Crippen LogP contribution in [0.15, 0.2) is 30.5 Å². The molecule has 0 spiro atoms. The van der Waals surface area contributed by atoms with Gasteiger partial charge in [0.05, 0.1) is 0 Å². The van der Waals surface area contributed by atoms with E-state index in [9.17, 15) is 4.79 Å². The van der Waals surface area contributed by atoms with Crippen molar-refractivity contribution in [3.8, 4) is 5.75 Å².